The maximum absolute atomic E-state index is 11.1. The Hall–Kier alpha value is -5.30. The SMILES string of the molecule is CC(C)(C)c1ccc(O)c(-c2nc3c(-c4[c-]c(-c5cc(C#N)c(-c6ccccc6)cn5)ccc4)cccc3n2-c2ccccc2)c1.[Pt]. The van der Waals surface area contributed by atoms with Crippen LogP contribution in [0.4, 0.5) is 0 Å². The van der Waals surface area contributed by atoms with E-state index in [9.17, 15) is 10.4 Å². The summed E-state index contributed by atoms with van der Waals surface area (Å²) in [6.45, 7) is 6.48. The second-order valence-electron chi connectivity index (χ2n) is 12.3. The molecule has 1 N–H and O–H groups in total. The number of phenols is 1. The molecule has 0 saturated heterocycles. The summed E-state index contributed by atoms with van der Waals surface area (Å²) in [4.78, 5) is 9.96. The fourth-order valence-electron chi connectivity index (χ4n) is 5.84. The number of nitrogens with zero attached hydrogens (tertiary/aromatic N) is 4. The number of imidazole rings is 1. The molecule has 5 aromatic carbocycles. The molecule has 2 aromatic heterocycles. The van der Waals surface area contributed by atoms with Crippen molar-refractivity contribution < 1.29 is 26.2 Å². The van der Waals surface area contributed by atoms with Crippen LogP contribution in [0.1, 0.15) is 31.9 Å². The molecule has 0 spiro atoms. The van der Waals surface area contributed by atoms with Crippen molar-refractivity contribution in [2.45, 2.75) is 26.2 Å². The normalized spacial score (nSPS) is 11.2. The maximum atomic E-state index is 11.1. The molecule has 0 amide bonds. The van der Waals surface area contributed by atoms with Crippen LogP contribution in [0.25, 0.3) is 61.6 Å². The first-order valence-electron chi connectivity index (χ1n) is 15.2. The van der Waals surface area contributed by atoms with Crippen LogP contribution in [0.2, 0.25) is 0 Å². The molecule has 7 aromatic rings. The monoisotopic (exact) mass is 790 g/mol. The smallest absolute Gasteiger partial charge is 0.148 e. The Morgan fingerprint density at radius 3 is 2.17 bits per heavy atom. The minimum Gasteiger partial charge on any atom is -0.507 e. The number of hydrogen-bond donors (Lipinski definition) is 1. The van der Waals surface area contributed by atoms with E-state index >= 15 is 0 Å². The van der Waals surface area contributed by atoms with Crippen molar-refractivity contribution in [2.24, 2.45) is 0 Å². The first-order chi connectivity index (χ1) is 22.3. The van der Waals surface area contributed by atoms with Crippen LogP contribution in [0.3, 0.4) is 0 Å². The van der Waals surface area contributed by atoms with E-state index in [1.807, 2.05) is 109 Å². The fraction of sp³-hybridized carbons (Fsp3) is 0.0976. The van der Waals surface area contributed by atoms with Crippen LogP contribution < -0.4 is 0 Å². The second kappa shape index (κ2) is 12.8. The molecule has 232 valence electrons. The summed E-state index contributed by atoms with van der Waals surface area (Å²) in [6.07, 6.45) is 1.76. The minimum atomic E-state index is -0.106. The van der Waals surface area contributed by atoms with Crippen LogP contribution in [-0.4, -0.2) is 19.6 Å². The molecule has 0 unspecified atom stereocenters. The van der Waals surface area contributed by atoms with Crippen molar-refractivity contribution in [3.05, 3.63) is 145 Å². The zero-order chi connectivity index (χ0) is 31.8. The predicted octanol–water partition coefficient (Wildman–Crippen LogP) is 9.76. The van der Waals surface area contributed by atoms with Gasteiger partial charge in [0.1, 0.15) is 11.6 Å². The Labute approximate surface area is 289 Å². The number of phenolic OH excluding ortho intramolecular Hbond substituents is 1. The van der Waals surface area contributed by atoms with Crippen molar-refractivity contribution in [2.75, 3.05) is 0 Å². The molecule has 47 heavy (non-hydrogen) atoms. The van der Waals surface area contributed by atoms with Gasteiger partial charge in [0, 0.05) is 44.2 Å². The van der Waals surface area contributed by atoms with Crippen LogP contribution in [0, 0.1) is 17.4 Å². The number of rotatable bonds is 5. The van der Waals surface area contributed by atoms with Gasteiger partial charge in [-0.05, 0) is 46.9 Å². The van der Waals surface area contributed by atoms with Gasteiger partial charge in [0.25, 0.3) is 0 Å². The van der Waals surface area contributed by atoms with Gasteiger partial charge in [0.15, 0.2) is 0 Å². The second-order valence-corrected chi connectivity index (χ2v) is 12.3. The Morgan fingerprint density at radius 1 is 0.745 bits per heavy atom. The van der Waals surface area contributed by atoms with E-state index in [-0.39, 0.29) is 32.2 Å². The summed E-state index contributed by atoms with van der Waals surface area (Å²) in [5.74, 6) is 0.833. The number of pyridine rings is 1. The van der Waals surface area contributed by atoms with Crippen molar-refractivity contribution >= 4 is 11.0 Å². The molecule has 6 heteroatoms. The van der Waals surface area contributed by atoms with Crippen molar-refractivity contribution in [3.63, 3.8) is 0 Å². The Bertz CT molecular complexity index is 2260. The molecule has 0 bridgehead atoms. The van der Waals surface area contributed by atoms with Gasteiger partial charge in [-0.1, -0.05) is 105 Å². The molecule has 0 aliphatic carbocycles. The summed E-state index contributed by atoms with van der Waals surface area (Å²) in [5, 5.41) is 21.1. The number of nitriles is 1. The van der Waals surface area contributed by atoms with E-state index in [1.54, 1.807) is 12.3 Å². The number of para-hydroxylation sites is 2. The molecular weight excluding hydrogens is 760 g/mol. The van der Waals surface area contributed by atoms with Gasteiger partial charge < -0.3 is 5.11 Å². The molecule has 0 atom stereocenters. The molecule has 0 saturated carbocycles. The molecule has 0 fully saturated rings. The first-order valence-corrected chi connectivity index (χ1v) is 15.2. The van der Waals surface area contributed by atoms with Gasteiger partial charge in [-0.2, -0.15) is 5.26 Å². The van der Waals surface area contributed by atoms with Gasteiger partial charge in [0.05, 0.1) is 28.2 Å². The Morgan fingerprint density at radius 2 is 1.45 bits per heavy atom. The maximum Gasteiger partial charge on any atom is 0.148 e. The fourth-order valence-corrected chi connectivity index (χ4v) is 5.84. The average molecular weight is 791 g/mol. The van der Waals surface area contributed by atoms with Gasteiger partial charge >= 0.3 is 0 Å². The summed E-state index contributed by atoms with van der Waals surface area (Å²) in [5.41, 5.74) is 9.84. The van der Waals surface area contributed by atoms with Crippen LogP contribution >= 0.6 is 0 Å². The quantitative estimate of drug-likeness (QED) is 0.176. The largest absolute Gasteiger partial charge is 0.507 e. The van der Waals surface area contributed by atoms with E-state index in [0.29, 0.717) is 22.6 Å². The molecule has 0 aliphatic rings. The number of benzene rings is 5. The third-order valence-electron chi connectivity index (χ3n) is 8.27. The zero-order valence-electron chi connectivity index (χ0n) is 26.2. The standard InChI is InChI=1S/C41H31N4O.Pt/c1-41(2,3)31-20-21-38(46)34(24-31)40-44-39-33(18-11-19-37(39)45(40)32-16-8-5-9-17-32)28-14-10-15-29(22-28)36-23-30(25-42)35(26-43-36)27-12-6-4-7-13-27;/h4-21,23-24,26,46H,1-3H3;/q-1;. The Kier molecular flexibility index (Phi) is 8.65. The third-order valence-corrected chi connectivity index (χ3v) is 8.27. The molecule has 0 radical (unpaired) electrons. The molecule has 7 rings (SSSR count). The van der Waals surface area contributed by atoms with Gasteiger partial charge in [-0.3, -0.25) is 9.55 Å². The van der Waals surface area contributed by atoms with Crippen molar-refractivity contribution in [1.82, 2.24) is 14.5 Å². The summed E-state index contributed by atoms with van der Waals surface area (Å²) in [7, 11) is 0. The third kappa shape index (κ3) is 6.01. The Balaban J connectivity index is 0.00000386. The molecular formula is C41H31N4OPt-. The van der Waals surface area contributed by atoms with E-state index in [2.05, 4.69) is 43.5 Å². The molecule has 5 nitrogen and oxygen atoms in total. The number of hydrogen-bond acceptors (Lipinski definition) is 4. The van der Waals surface area contributed by atoms with Gasteiger partial charge in [-0.15, -0.1) is 29.8 Å². The van der Waals surface area contributed by atoms with Crippen LogP contribution in [0.15, 0.2) is 128 Å². The van der Waals surface area contributed by atoms with E-state index < -0.39 is 0 Å². The molecule has 2 heterocycles. The molecule has 0 aliphatic heterocycles. The number of aromatic hydroxyl groups is 1. The summed E-state index contributed by atoms with van der Waals surface area (Å²) < 4.78 is 2.10. The van der Waals surface area contributed by atoms with E-state index in [0.717, 1.165) is 50.1 Å². The van der Waals surface area contributed by atoms with Gasteiger partial charge in [-0.25, -0.2) is 4.98 Å². The number of fused-ring (bicyclic) bond motifs is 1. The van der Waals surface area contributed by atoms with Crippen molar-refractivity contribution in [1.29, 1.82) is 5.26 Å². The van der Waals surface area contributed by atoms with Crippen LogP contribution in [0.5, 0.6) is 5.75 Å². The minimum absolute atomic E-state index is 0. The first kappa shape index (κ1) is 31.7. The average Bonchev–Trinajstić information content (AvgIpc) is 3.48. The summed E-state index contributed by atoms with van der Waals surface area (Å²) >= 11 is 0. The van der Waals surface area contributed by atoms with E-state index in [4.69, 9.17) is 9.97 Å². The topological polar surface area (TPSA) is 74.7 Å². The summed E-state index contributed by atoms with van der Waals surface area (Å²) in [6, 6.07) is 45.5. The predicted molar refractivity (Wildman–Crippen MR) is 185 cm³/mol. The zero-order valence-corrected chi connectivity index (χ0v) is 28.4. The van der Waals surface area contributed by atoms with Gasteiger partial charge in [0.2, 0.25) is 0 Å². The van der Waals surface area contributed by atoms with Crippen molar-refractivity contribution in [3.8, 4) is 62.4 Å². The number of aromatic nitrogens is 3. The van der Waals surface area contributed by atoms with E-state index in [1.165, 1.54) is 0 Å². The van der Waals surface area contributed by atoms with Crippen LogP contribution in [-0.2, 0) is 26.5 Å².